The van der Waals surface area contributed by atoms with E-state index >= 15 is 0 Å². The summed E-state index contributed by atoms with van der Waals surface area (Å²) in [6, 6.07) is 1.73. The average molecular weight is 135 g/mol. The molecule has 0 saturated heterocycles. The van der Waals surface area contributed by atoms with Gasteiger partial charge in [-0.25, -0.2) is 4.98 Å². The van der Waals surface area contributed by atoms with Crippen LogP contribution in [0.2, 0.25) is 0 Å². The Morgan fingerprint density at radius 3 is 2.70 bits per heavy atom. The first-order valence-corrected chi connectivity index (χ1v) is 2.87. The fourth-order valence-electron chi connectivity index (χ4n) is 0.621. The summed E-state index contributed by atoms with van der Waals surface area (Å²) in [5, 5.41) is 0. The van der Waals surface area contributed by atoms with Crippen LogP contribution in [0.3, 0.4) is 0 Å². The highest BCUT2D eigenvalue weighted by Crippen LogP contribution is 2.12. The van der Waals surface area contributed by atoms with Crippen molar-refractivity contribution in [2.45, 2.75) is 0 Å². The average Bonchev–Trinajstić information content (AvgIpc) is 1.95. The van der Waals surface area contributed by atoms with Crippen LogP contribution in [-0.2, 0) is 0 Å². The molecule has 3 heteroatoms. The number of rotatable bonds is 1. The summed E-state index contributed by atoms with van der Waals surface area (Å²) < 4.78 is 0. The Morgan fingerprint density at radius 2 is 2.20 bits per heavy atom. The second kappa shape index (κ2) is 2.39. The Kier molecular flexibility index (Phi) is 1.58. The molecule has 0 aromatic carbocycles. The van der Waals surface area contributed by atoms with E-state index in [0.29, 0.717) is 11.5 Å². The molecule has 0 unspecified atom stereocenters. The number of hydrogen-bond donors (Lipinski definition) is 2. The van der Waals surface area contributed by atoms with Crippen LogP contribution in [0.1, 0.15) is 5.56 Å². The van der Waals surface area contributed by atoms with Gasteiger partial charge in [0.15, 0.2) is 0 Å². The number of aromatic nitrogens is 1. The highest BCUT2D eigenvalue weighted by atomic mass is 14.9. The van der Waals surface area contributed by atoms with Crippen LogP contribution in [0.5, 0.6) is 0 Å². The quantitative estimate of drug-likeness (QED) is 0.601. The minimum absolute atomic E-state index is 0.366. The van der Waals surface area contributed by atoms with Crippen molar-refractivity contribution in [3.63, 3.8) is 0 Å². The topological polar surface area (TPSA) is 64.9 Å². The standard InChI is InChI=1S/C7H9N3/c1-2-5-3-6(8)7(9)10-4-5/h2-4H,1,8H2,(H2,9,10). The van der Waals surface area contributed by atoms with Gasteiger partial charge < -0.3 is 11.5 Å². The van der Waals surface area contributed by atoms with Gasteiger partial charge in [0.1, 0.15) is 5.82 Å². The van der Waals surface area contributed by atoms with E-state index in [0.717, 1.165) is 5.56 Å². The maximum Gasteiger partial charge on any atom is 0.146 e. The predicted molar refractivity (Wildman–Crippen MR) is 43.2 cm³/mol. The van der Waals surface area contributed by atoms with Gasteiger partial charge in [0.2, 0.25) is 0 Å². The lowest BCUT2D eigenvalue weighted by atomic mass is 10.2. The third-order valence-corrected chi connectivity index (χ3v) is 1.21. The zero-order valence-electron chi connectivity index (χ0n) is 5.54. The monoisotopic (exact) mass is 135 g/mol. The van der Waals surface area contributed by atoms with Crippen molar-refractivity contribution in [2.24, 2.45) is 0 Å². The Labute approximate surface area is 59.4 Å². The first-order chi connectivity index (χ1) is 4.74. The molecule has 0 bridgehead atoms. The number of nitrogens with two attached hydrogens (primary N) is 2. The van der Waals surface area contributed by atoms with Crippen LogP contribution in [0.25, 0.3) is 6.08 Å². The first-order valence-electron chi connectivity index (χ1n) is 2.87. The summed E-state index contributed by atoms with van der Waals surface area (Å²) in [6.45, 7) is 3.57. The molecule has 0 spiro atoms. The van der Waals surface area contributed by atoms with Crippen molar-refractivity contribution >= 4 is 17.6 Å². The van der Waals surface area contributed by atoms with Crippen molar-refractivity contribution in [3.8, 4) is 0 Å². The van der Waals surface area contributed by atoms with E-state index in [1.54, 1.807) is 18.3 Å². The van der Waals surface area contributed by atoms with Gasteiger partial charge in [-0.3, -0.25) is 0 Å². The maximum atomic E-state index is 5.46. The molecule has 0 aliphatic rings. The van der Waals surface area contributed by atoms with Crippen LogP contribution >= 0.6 is 0 Å². The van der Waals surface area contributed by atoms with E-state index in [4.69, 9.17) is 11.5 Å². The van der Waals surface area contributed by atoms with Crippen LogP contribution in [0.4, 0.5) is 11.5 Å². The molecule has 10 heavy (non-hydrogen) atoms. The third kappa shape index (κ3) is 1.07. The van der Waals surface area contributed by atoms with E-state index in [2.05, 4.69) is 11.6 Å². The molecule has 0 amide bonds. The molecule has 0 aliphatic carbocycles. The fourth-order valence-corrected chi connectivity index (χ4v) is 0.621. The summed E-state index contributed by atoms with van der Waals surface area (Å²) in [5.74, 6) is 0.366. The van der Waals surface area contributed by atoms with E-state index in [9.17, 15) is 0 Å². The summed E-state index contributed by atoms with van der Waals surface area (Å²) >= 11 is 0. The van der Waals surface area contributed by atoms with Gasteiger partial charge in [-0.2, -0.15) is 0 Å². The van der Waals surface area contributed by atoms with Gasteiger partial charge in [-0.15, -0.1) is 0 Å². The SMILES string of the molecule is C=Cc1cnc(N)c(N)c1. The van der Waals surface area contributed by atoms with Crippen molar-refractivity contribution in [3.05, 3.63) is 24.4 Å². The number of nitrogen functional groups attached to an aromatic ring is 2. The van der Waals surface area contributed by atoms with Gasteiger partial charge in [0.25, 0.3) is 0 Å². The minimum Gasteiger partial charge on any atom is -0.396 e. The molecule has 0 aliphatic heterocycles. The number of nitrogens with zero attached hydrogens (tertiary/aromatic N) is 1. The van der Waals surface area contributed by atoms with E-state index in [-0.39, 0.29) is 0 Å². The molecule has 52 valence electrons. The summed E-state index contributed by atoms with van der Waals surface area (Å²) in [5.41, 5.74) is 12.2. The fraction of sp³-hybridized carbons (Fsp3) is 0. The summed E-state index contributed by atoms with van der Waals surface area (Å²) in [4.78, 5) is 3.83. The molecular formula is C7H9N3. The van der Waals surface area contributed by atoms with E-state index in [1.165, 1.54) is 0 Å². The molecule has 0 saturated carbocycles. The van der Waals surface area contributed by atoms with Crippen LogP contribution in [0.15, 0.2) is 18.8 Å². The number of hydrogen-bond acceptors (Lipinski definition) is 3. The molecule has 0 fully saturated rings. The zero-order valence-corrected chi connectivity index (χ0v) is 5.54. The van der Waals surface area contributed by atoms with Gasteiger partial charge in [0.05, 0.1) is 5.69 Å². The van der Waals surface area contributed by atoms with Crippen molar-refractivity contribution < 1.29 is 0 Å². The van der Waals surface area contributed by atoms with Gasteiger partial charge in [-0.05, 0) is 11.6 Å². The molecular weight excluding hydrogens is 126 g/mol. The molecule has 1 aromatic heterocycles. The molecule has 1 rings (SSSR count). The van der Waals surface area contributed by atoms with Crippen molar-refractivity contribution in [1.29, 1.82) is 0 Å². The highest BCUT2D eigenvalue weighted by Gasteiger charge is 1.93. The molecule has 3 nitrogen and oxygen atoms in total. The Hall–Kier alpha value is -1.51. The lowest BCUT2D eigenvalue weighted by molar-refractivity contribution is 1.33. The van der Waals surface area contributed by atoms with E-state index in [1.807, 2.05) is 0 Å². The van der Waals surface area contributed by atoms with Crippen LogP contribution in [-0.4, -0.2) is 4.98 Å². The lowest BCUT2D eigenvalue weighted by Gasteiger charge is -1.98. The normalized spacial score (nSPS) is 9.20. The molecule has 1 heterocycles. The van der Waals surface area contributed by atoms with Crippen LogP contribution < -0.4 is 11.5 Å². The predicted octanol–water partition coefficient (Wildman–Crippen LogP) is 0.889. The summed E-state index contributed by atoms with van der Waals surface area (Å²) in [6.07, 6.45) is 3.29. The van der Waals surface area contributed by atoms with E-state index < -0.39 is 0 Å². The first kappa shape index (κ1) is 6.61. The van der Waals surface area contributed by atoms with Gasteiger partial charge in [-0.1, -0.05) is 12.7 Å². The largest absolute Gasteiger partial charge is 0.396 e. The van der Waals surface area contributed by atoms with Gasteiger partial charge >= 0.3 is 0 Å². The Balaban J connectivity index is 3.16. The second-order valence-corrected chi connectivity index (χ2v) is 1.95. The second-order valence-electron chi connectivity index (χ2n) is 1.95. The summed E-state index contributed by atoms with van der Waals surface area (Å²) in [7, 11) is 0. The maximum absolute atomic E-state index is 5.46. The van der Waals surface area contributed by atoms with Crippen molar-refractivity contribution in [2.75, 3.05) is 11.5 Å². The smallest absolute Gasteiger partial charge is 0.146 e. The third-order valence-electron chi connectivity index (χ3n) is 1.21. The molecule has 0 atom stereocenters. The molecule has 1 aromatic rings. The van der Waals surface area contributed by atoms with Crippen LogP contribution in [0, 0.1) is 0 Å². The molecule has 4 N–H and O–H groups in total. The molecule has 0 radical (unpaired) electrons. The van der Waals surface area contributed by atoms with Gasteiger partial charge in [0, 0.05) is 6.20 Å². The Morgan fingerprint density at radius 1 is 1.50 bits per heavy atom. The zero-order chi connectivity index (χ0) is 7.56. The number of anilines is 2. The Bertz CT molecular complexity index is 255. The lowest BCUT2D eigenvalue weighted by Crippen LogP contribution is -1.97. The van der Waals surface area contributed by atoms with Crippen molar-refractivity contribution in [1.82, 2.24) is 4.98 Å². The minimum atomic E-state index is 0.366. The number of pyridine rings is 1. The highest BCUT2D eigenvalue weighted by molar-refractivity contribution is 5.63.